The Labute approximate surface area is 131 Å². The predicted octanol–water partition coefficient (Wildman–Crippen LogP) is 3.94. The van der Waals surface area contributed by atoms with Gasteiger partial charge in [0.15, 0.2) is 0 Å². The molecule has 0 bridgehead atoms. The minimum absolute atomic E-state index is 0.307. The minimum atomic E-state index is -3.41. The quantitative estimate of drug-likeness (QED) is 0.797. The van der Waals surface area contributed by atoms with Crippen LogP contribution < -0.4 is 4.72 Å². The second-order valence-corrected chi connectivity index (χ2v) is 9.95. The van der Waals surface area contributed by atoms with Gasteiger partial charge >= 0.3 is 0 Å². The smallest absolute Gasteiger partial charge is 0.210 e. The van der Waals surface area contributed by atoms with Gasteiger partial charge in [-0.2, -0.15) is 0 Å². The summed E-state index contributed by atoms with van der Waals surface area (Å²) < 4.78 is 27.9. The lowest BCUT2D eigenvalue weighted by Crippen LogP contribution is -2.31. The number of sulfonamides is 1. The van der Waals surface area contributed by atoms with Crippen LogP contribution in [-0.4, -0.2) is 19.8 Å². The molecule has 108 valence electrons. The Morgan fingerprint density at radius 1 is 1.53 bits per heavy atom. The number of rotatable bonds is 4. The summed E-state index contributed by atoms with van der Waals surface area (Å²) in [6.07, 6.45) is 4.47. The van der Waals surface area contributed by atoms with Crippen molar-refractivity contribution in [2.75, 3.05) is 6.54 Å². The van der Waals surface area contributed by atoms with Gasteiger partial charge in [0.25, 0.3) is 0 Å². The second kappa shape index (κ2) is 6.43. The van der Waals surface area contributed by atoms with E-state index in [9.17, 15) is 8.42 Å². The van der Waals surface area contributed by atoms with Crippen LogP contribution >= 0.6 is 38.9 Å². The molecule has 1 aliphatic rings. The van der Waals surface area contributed by atoms with Crippen molar-refractivity contribution in [3.8, 4) is 0 Å². The normalized spacial score (nSPS) is 24.6. The predicted molar refractivity (Wildman–Crippen MR) is 83.9 cm³/mol. The standard InChI is InChI=1S/C12H17BrClNO2S2/c1-8-5-11(18-12(8)14)19(16,17)15-7-9-3-2-4-10(13)6-9/h5,9-10,15H,2-4,6-7H2,1H3. The molecule has 0 saturated heterocycles. The summed E-state index contributed by atoms with van der Waals surface area (Å²) in [5, 5.41) is 0. The Morgan fingerprint density at radius 2 is 2.26 bits per heavy atom. The number of alkyl halides is 1. The van der Waals surface area contributed by atoms with Crippen LogP contribution in [0, 0.1) is 12.8 Å². The van der Waals surface area contributed by atoms with Crippen LogP contribution in [0.4, 0.5) is 0 Å². The molecule has 2 atom stereocenters. The first-order chi connectivity index (χ1) is 8.88. The van der Waals surface area contributed by atoms with Crippen molar-refractivity contribution in [3.05, 3.63) is 16.0 Å². The lowest BCUT2D eigenvalue weighted by atomic mass is 9.89. The van der Waals surface area contributed by atoms with Crippen LogP contribution in [0.15, 0.2) is 10.3 Å². The van der Waals surface area contributed by atoms with Crippen molar-refractivity contribution in [1.82, 2.24) is 4.72 Å². The van der Waals surface area contributed by atoms with Crippen molar-refractivity contribution in [3.63, 3.8) is 0 Å². The van der Waals surface area contributed by atoms with E-state index in [2.05, 4.69) is 20.7 Å². The molecule has 1 aliphatic carbocycles. The molecule has 1 heterocycles. The molecule has 2 rings (SSSR count). The van der Waals surface area contributed by atoms with Crippen molar-refractivity contribution in [2.24, 2.45) is 5.92 Å². The maximum atomic E-state index is 12.2. The molecular formula is C12H17BrClNO2S2. The maximum Gasteiger partial charge on any atom is 0.250 e. The van der Waals surface area contributed by atoms with Crippen LogP contribution in [0.1, 0.15) is 31.2 Å². The summed E-state index contributed by atoms with van der Waals surface area (Å²) in [6, 6.07) is 1.63. The molecule has 0 radical (unpaired) electrons. The molecule has 1 aromatic rings. The highest BCUT2D eigenvalue weighted by atomic mass is 79.9. The van der Waals surface area contributed by atoms with E-state index in [0.29, 0.717) is 25.8 Å². The molecule has 0 amide bonds. The molecule has 0 aromatic carbocycles. The lowest BCUT2D eigenvalue weighted by molar-refractivity contribution is 0.368. The van der Waals surface area contributed by atoms with Gasteiger partial charge in [-0.05, 0) is 43.7 Å². The van der Waals surface area contributed by atoms with Gasteiger partial charge in [-0.15, -0.1) is 11.3 Å². The molecular weight excluding hydrogens is 370 g/mol. The second-order valence-electron chi connectivity index (χ2n) is 5.00. The van der Waals surface area contributed by atoms with E-state index in [1.54, 1.807) is 6.07 Å². The topological polar surface area (TPSA) is 46.2 Å². The molecule has 0 spiro atoms. The first-order valence-corrected chi connectivity index (χ1v) is 9.87. The number of hydrogen-bond donors (Lipinski definition) is 1. The zero-order valence-electron chi connectivity index (χ0n) is 10.7. The zero-order chi connectivity index (χ0) is 14.0. The number of hydrogen-bond acceptors (Lipinski definition) is 3. The van der Waals surface area contributed by atoms with Gasteiger partial charge in [-0.1, -0.05) is 34.0 Å². The third-order valence-electron chi connectivity index (χ3n) is 3.38. The van der Waals surface area contributed by atoms with E-state index in [1.165, 1.54) is 6.42 Å². The van der Waals surface area contributed by atoms with Gasteiger partial charge in [-0.25, -0.2) is 13.1 Å². The first-order valence-electron chi connectivity index (χ1n) is 6.28. The molecule has 0 aliphatic heterocycles. The monoisotopic (exact) mass is 385 g/mol. The first kappa shape index (κ1) is 15.8. The Morgan fingerprint density at radius 3 is 2.84 bits per heavy atom. The Hall–Kier alpha value is 0.380. The van der Waals surface area contributed by atoms with Crippen LogP contribution in [0.3, 0.4) is 0 Å². The van der Waals surface area contributed by atoms with E-state index < -0.39 is 10.0 Å². The molecule has 1 fully saturated rings. The van der Waals surface area contributed by atoms with Gasteiger partial charge in [0.2, 0.25) is 10.0 Å². The Bertz CT molecular complexity index is 524. The van der Waals surface area contributed by atoms with Gasteiger partial charge in [0.05, 0.1) is 4.34 Å². The zero-order valence-corrected chi connectivity index (χ0v) is 14.6. The maximum absolute atomic E-state index is 12.2. The van der Waals surface area contributed by atoms with Crippen molar-refractivity contribution in [2.45, 2.75) is 41.6 Å². The average molecular weight is 387 g/mol. The van der Waals surface area contributed by atoms with Crippen molar-refractivity contribution in [1.29, 1.82) is 0 Å². The van der Waals surface area contributed by atoms with Gasteiger partial charge in [0, 0.05) is 11.4 Å². The number of halogens is 2. The highest BCUT2D eigenvalue weighted by Crippen LogP contribution is 2.31. The fraction of sp³-hybridized carbons (Fsp3) is 0.667. The van der Waals surface area contributed by atoms with Crippen molar-refractivity contribution >= 4 is 48.9 Å². The molecule has 3 nitrogen and oxygen atoms in total. The summed E-state index contributed by atoms with van der Waals surface area (Å²) in [6.45, 7) is 2.33. The lowest BCUT2D eigenvalue weighted by Gasteiger charge is -2.25. The minimum Gasteiger partial charge on any atom is -0.210 e. The third kappa shape index (κ3) is 4.17. The molecule has 2 unspecified atom stereocenters. The molecule has 1 N–H and O–H groups in total. The van der Waals surface area contributed by atoms with E-state index in [1.807, 2.05) is 6.92 Å². The van der Waals surface area contributed by atoms with E-state index in [4.69, 9.17) is 11.6 Å². The molecule has 19 heavy (non-hydrogen) atoms. The van der Waals surface area contributed by atoms with Crippen LogP contribution in [0.25, 0.3) is 0 Å². The Kier molecular flexibility index (Phi) is 5.34. The van der Waals surface area contributed by atoms with Gasteiger partial charge < -0.3 is 0 Å². The molecule has 7 heteroatoms. The SMILES string of the molecule is Cc1cc(S(=O)(=O)NCC2CCCC(Br)C2)sc1Cl. The number of thiophene rings is 1. The van der Waals surface area contributed by atoms with Crippen LogP contribution in [0.2, 0.25) is 4.34 Å². The van der Waals surface area contributed by atoms with E-state index >= 15 is 0 Å². The fourth-order valence-electron chi connectivity index (χ4n) is 2.27. The number of nitrogens with one attached hydrogen (secondary N) is 1. The van der Waals surface area contributed by atoms with Gasteiger partial charge in [-0.3, -0.25) is 0 Å². The molecule has 1 aromatic heterocycles. The summed E-state index contributed by atoms with van der Waals surface area (Å²) in [5.74, 6) is 0.421. The summed E-state index contributed by atoms with van der Waals surface area (Å²) in [4.78, 5) is 0.522. The van der Waals surface area contributed by atoms with Gasteiger partial charge in [0.1, 0.15) is 4.21 Å². The highest BCUT2D eigenvalue weighted by Gasteiger charge is 2.23. The third-order valence-corrected chi connectivity index (χ3v) is 7.66. The largest absolute Gasteiger partial charge is 0.250 e. The average Bonchev–Trinajstić information content (AvgIpc) is 2.68. The van der Waals surface area contributed by atoms with E-state index in [-0.39, 0.29) is 0 Å². The van der Waals surface area contributed by atoms with Crippen LogP contribution in [0.5, 0.6) is 0 Å². The summed E-state index contributed by atoms with van der Waals surface area (Å²) in [5.41, 5.74) is 0.810. The highest BCUT2D eigenvalue weighted by molar-refractivity contribution is 9.09. The van der Waals surface area contributed by atoms with Crippen LogP contribution in [-0.2, 0) is 10.0 Å². The van der Waals surface area contributed by atoms with Crippen molar-refractivity contribution < 1.29 is 8.42 Å². The summed E-state index contributed by atoms with van der Waals surface area (Å²) >= 11 is 10.7. The Balaban J connectivity index is 1.98. The summed E-state index contributed by atoms with van der Waals surface area (Å²) in [7, 11) is -3.41. The number of aryl methyl sites for hydroxylation is 1. The van der Waals surface area contributed by atoms with E-state index in [0.717, 1.165) is 36.2 Å². The molecule has 1 saturated carbocycles. The fourth-order valence-corrected chi connectivity index (χ4v) is 5.99.